The molecule has 2 aromatic rings. The van der Waals surface area contributed by atoms with Crippen LogP contribution in [0.4, 0.5) is 0 Å². The molecule has 13 heteroatoms. The van der Waals surface area contributed by atoms with Crippen LogP contribution in [0.15, 0.2) is 27.4 Å². The second-order valence-corrected chi connectivity index (χ2v) is 8.38. The van der Waals surface area contributed by atoms with E-state index in [4.69, 9.17) is 28.1 Å². The van der Waals surface area contributed by atoms with E-state index in [1.54, 1.807) is 6.07 Å². The number of carbonyl (C=O) groups excluding carboxylic acids is 4. The minimum atomic E-state index is -1.26. The summed E-state index contributed by atoms with van der Waals surface area (Å²) in [6, 6.07) is 3.48. The van der Waals surface area contributed by atoms with E-state index in [2.05, 4.69) is 5.32 Å². The summed E-state index contributed by atoms with van der Waals surface area (Å²) < 4.78 is 33.2. The maximum absolute atomic E-state index is 12.0. The van der Waals surface area contributed by atoms with Gasteiger partial charge in [0.15, 0.2) is 12.2 Å². The Hall–Kier alpha value is -3.45. The van der Waals surface area contributed by atoms with Crippen molar-refractivity contribution in [1.29, 1.82) is 0 Å². The van der Waals surface area contributed by atoms with Crippen LogP contribution in [-0.4, -0.2) is 61.1 Å². The van der Waals surface area contributed by atoms with Crippen molar-refractivity contribution in [2.45, 2.75) is 58.3 Å². The Morgan fingerprint density at radius 2 is 1.68 bits per heavy atom. The van der Waals surface area contributed by atoms with Crippen LogP contribution in [0, 0.1) is 0 Å². The fourth-order valence-electron chi connectivity index (χ4n) is 3.45. The third kappa shape index (κ3) is 6.32. The molecule has 1 amide bonds. The lowest BCUT2D eigenvalue weighted by Gasteiger charge is -2.44. The average molecular weight is 497 g/mol. The summed E-state index contributed by atoms with van der Waals surface area (Å²) in [4.78, 5) is 58.0. The van der Waals surface area contributed by atoms with Crippen molar-refractivity contribution in [3.8, 4) is 5.75 Å². The highest BCUT2D eigenvalue weighted by Crippen LogP contribution is 2.30. The van der Waals surface area contributed by atoms with Crippen LogP contribution in [0.2, 0.25) is 0 Å². The Bertz CT molecular complexity index is 1140. The third-order valence-corrected chi connectivity index (χ3v) is 5.41. The van der Waals surface area contributed by atoms with E-state index in [-0.39, 0.29) is 12.4 Å². The van der Waals surface area contributed by atoms with Crippen LogP contribution in [0.25, 0.3) is 10.3 Å². The second kappa shape index (κ2) is 10.7. The van der Waals surface area contributed by atoms with Gasteiger partial charge in [-0.05, 0) is 12.1 Å². The quantitative estimate of drug-likeness (QED) is 0.428. The molecule has 2 heterocycles. The Labute approximate surface area is 197 Å². The van der Waals surface area contributed by atoms with Gasteiger partial charge in [-0.15, -0.1) is 0 Å². The molecule has 0 saturated carbocycles. The third-order valence-electron chi connectivity index (χ3n) is 4.63. The summed E-state index contributed by atoms with van der Waals surface area (Å²) in [6.45, 7) is 4.38. The summed E-state index contributed by atoms with van der Waals surface area (Å²) in [5.41, 5.74) is 0.366. The number of rotatable bonds is 7. The van der Waals surface area contributed by atoms with E-state index in [9.17, 15) is 24.0 Å². The van der Waals surface area contributed by atoms with Gasteiger partial charge >= 0.3 is 22.8 Å². The first-order valence-electron chi connectivity index (χ1n) is 10.1. The number of carbonyl (C=O) groups is 4. The van der Waals surface area contributed by atoms with Gasteiger partial charge in [-0.3, -0.25) is 19.2 Å². The average Bonchev–Trinajstić information content (AvgIpc) is 3.09. The fraction of sp³-hybridized carbons (Fsp3) is 0.476. The first kappa shape index (κ1) is 25.2. The first-order valence-corrected chi connectivity index (χ1v) is 11.0. The number of hydrogen-bond donors (Lipinski definition) is 1. The summed E-state index contributed by atoms with van der Waals surface area (Å²) in [7, 11) is 0. The van der Waals surface area contributed by atoms with Gasteiger partial charge in [0, 0.05) is 33.8 Å². The van der Waals surface area contributed by atoms with Crippen molar-refractivity contribution >= 4 is 45.4 Å². The van der Waals surface area contributed by atoms with Gasteiger partial charge in [-0.2, -0.15) is 0 Å². The van der Waals surface area contributed by atoms with Gasteiger partial charge in [0.2, 0.25) is 12.2 Å². The van der Waals surface area contributed by atoms with Gasteiger partial charge in [0.25, 0.3) is 0 Å². The van der Waals surface area contributed by atoms with E-state index < -0.39 is 59.4 Å². The molecule has 1 aliphatic heterocycles. The van der Waals surface area contributed by atoms with Crippen LogP contribution in [0.5, 0.6) is 5.75 Å². The number of esters is 3. The van der Waals surface area contributed by atoms with Crippen LogP contribution < -0.4 is 15.0 Å². The molecular weight excluding hydrogens is 474 g/mol. The number of benzene rings is 1. The van der Waals surface area contributed by atoms with Crippen molar-refractivity contribution < 1.29 is 47.3 Å². The molecule has 184 valence electrons. The lowest BCUT2D eigenvalue weighted by molar-refractivity contribution is -0.257. The predicted octanol–water partition coefficient (Wildman–Crippen LogP) is 0.889. The Morgan fingerprint density at radius 1 is 1.00 bits per heavy atom. The highest BCUT2D eigenvalue weighted by Gasteiger charge is 2.52. The monoisotopic (exact) mass is 497 g/mol. The van der Waals surface area contributed by atoms with Crippen LogP contribution in [-0.2, 0) is 38.1 Å². The molecule has 0 aliphatic carbocycles. The molecule has 5 atom stereocenters. The molecule has 0 bridgehead atoms. The van der Waals surface area contributed by atoms with Gasteiger partial charge in [-0.25, -0.2) is 4.79 Å². The van der Waals surface area contributed by atoms with Crippen LogP contribution in [0.3, 0.4) is 0 Å². The van der Waals surface area contributed by atoms with E-state index >= 15 is 0 Å². The molecule has 1 aromatic carbocycles. The van der Waals surface area contributed by atoms with E-state index in [0.717, 1.165) is 25.2 Å². The second-order valence-electron chi connectivity index (χ2n) is 7.40. The van der Waals surface area contributed by atoms with Crippen molar-refractivity contribution in [3.63, 3.8) is 0 Å². The zero-order chi connectivity index (χ0) is 25.0. The van der Waals surface area contributed by atoms with Crippen molar-refractivity contribution in [1.82, 2.24) is 5.32 Å². The molecule has 0 spiro atoms. The molecule has 0 unspecified atom stereocenters. The summed E-state index contributed by atoms with van der Waals surface area (Å²) >= 11 is 0.871. The van der Waals surface area contributed by atoms with Crippen molar-refractivity contribution in [3.05, 3.63) is 27.9 Å². The van der Waals surface area contributed by atoms with Gasteiger partial charge < -0.3 is 33.4 Å². The summed E-state index contributed by atoms with van der Waals surface area (Å²) in [5.74, 6) is -2.28. The molecule has 0 radical (unpaired) electrons. The lowest BCUT2D eigenvalue weighted by atomic mass is 9.96. The molecule has 3 rings (SSSR count). The number of nitrogens with one attached hydrogen (secondary N) is 1. The van der Waals surface area contributed by atoms with Crippen molar-refractivity contribution in [2.75, 3.05) is 6.61 Å². The largest absolute Gasteiger partial charge is 0.463 e. The molecular formula is C21H23NO11S. The van der Waals surface area contributed by atoms with Gasteiger partial charge in [0.05, 0.1) is 4.70 Å². The lowest BCUT2D eigenvalue weighted by Crippen LogP contribution is -2.67. The standard InChI is InChI=1S/C21H23NO11S/c1-9(23)22-17-19(30-12(4)26)18(29-11(3)25)15(8-28-10(2)24)32-20(17)31-13-5-6-14-16(7-13)34-21(27)33-14/h5-7,15,17-20H,8H2,1-4H3,(H,22,23)/t15-,17+,18+,19+,20-/m1/s1. The number of ether oxygens (including phenoxy) is 5. The predicted molar refractivity (Wildman–Crippen MR) is 115 cm³/mol. The fourth-order valence-corrected chi connectivity index (χ4v) is 4.15. The van der Waals surface area contributed by atoms with Gasteiger partial charge in [0.1, 0.15) is 30.1 Å². The first-order chi connectivity index (χ1) is 16.0. The zero-order valence-electron chi connectivity index (χ0n) is 18.7. The van der Waals surface area contributed by atoms with E-state index in [0.29, 0.717) is 10.3 Å². The molecule has 12 nitrogen and oxygen atoms in total. The number of hydrogen-bond acceptors (Lipinski definition) is 12. The number of amides is 1. The van der Waals surface area contributed by atoms with Crippen molar-refractivity contribution in [2.24, 2.45) is 0 Å². The maximum atomic E-state index is 12.0. The highest BCUT2D eigenvalue weighted by atomic mass is 32.1. The summed E-state index contributed by atoms with van der Waals surface area (Å²) in [6.07, 6.45) is -4.82. The molecule has 34 heavy (non-hydrogen) atoms. The number of fused-ring (bicyclic) bond motifs is 1. The Morgan fingerprint density at radius 3 is 2.29 bits per heavy atom. The summed E-state index contributed by atoms with van der Waals surface area (Å²) in [5, 5.41) is 2.61. The Balaban J connectivity index is 1.99. The molecule has 1 saturated heterocycles. The van der Waals surface area contributed by atoms with E-state index in [1.807, 2.05) is 0 Å². The smallest absolute Gasteiger partial charge is 0.396 e. The minimum absolute atomic E-state index is 0.253. The minimum Gasteiger partial charge on any atom is -0.463 e. The van der Waals surface area contributed by atoms with Crippen LogP contribution in [0.1, 0.15) is 27.7 Å². The molecule has 1 aliphatic rings. The highest BCUT2D eigenvalue weighted by molar-refractivity contribution is 7.16. The zero-order valence-corrected chi connectivity index (χ0v) is 19.5. The molecule has 1 N–H and O–H groups in total. The topological polar surface area (TPSA) is 157 Å². The molecule has 1 aromatic heterocycles. The molecule has 1 fully saturated rings. The normalized spacial score (nSPS) is 24.2. The SMILES string of the molecule is CC(=O)N[C@@H]1[C@H](Oc2ccc3oc(=O)sc3c2)O[C@H](COC(C)=O)[C@H](OC(C)=O)[C@H]1OC(C)=O. The van der Waals surface area contributed by atoms with Crippen LogP contribution >= 0.6 is 11.3 Å². The van der Waals surface area contributed by atoms with E-state index in [1.165, 1.54) is 26.0 Å². The maximum Gasteiger partial charge on any atom is 0.396 e. The van der Waals surface area contributed by atoms with Gasteiger partial charge in [-0.1, -0.05) is 11.3 Å². The Kier molecular flexibility index (Phi) is 7.89.